The van der Waals surface area contributed by atoms with Crippen LogP contribution < -0.4 is 10.6 Å². The van der Waals surface area contributed by atoms with Crippen LogP contribution in [0.3, 0.4) is 0 Å². The van der Waals surface area contributed by atoms with Crippen LogP contribution in [0.25, 0.3) is 5.69 Å². The minimum Gasteiger partial charge on any atom is -0.480 e. The molecule has 10 nitrogen and oxygen atoms in total. The summed E-state index contributed by atoms with van der Waals surface area (Å²) >= 11 is 5.97. The third kappa shape index (κ3) is 5.14. The molecule has 0 fully saturated rings. The molecule has 2 aromatic carbocycles. The molecule has 1 aromatic heterocycles. The van der Waals surface area contributed by atoms with E-state index in [1.54, 1.807) is 42.5 Å². The summed E-state index contributed by atoms with van der Waals surface area (Å²) in [6, 6.07) is 12.0. The Bertz CT molecular complexity index is 1030. The van der Waals surface area contributed by atoms with Crippen molar-refractivity contribution < 1.29 is 19.5 Å². The topological polar surface area (TPSA) is 139 Å². The zero-order chi connectivity index (χ0) is 20.8. The summed E-state index contributed by atoms with van der Waals surface area (Å²) in [5, 5.41) is 25.1. The standard InChI is InChI=1S/C18H15ClN6O4/c19-12-6-7-15(25-10-20-23-24-25)13(9-12)21-16(26)17(27)22-14(18(28)29)8-11-4-2-1-3-5-11/h1-7,9-10,14H,8H2,(H,21,26)(H,22,27)(H,28,29). The number of carbonyl (C=O) groups is 3. The van der Waals surface area contributed by atoms with Crippen molar-refractivity contribution in [3.05, 3.63) is 65.4 Å². The maximum Gasteiger partial charge on any atom is 0.326 e. The van der Waals surface area contributed by atoms with E-state index in [4.69, 9.17) is 11.6 Å². The average Bonchev–Trinajstić information content (AvgIpc) is 3.22. The molecule has 1 heterocycles. The molecule has 0 aliphatic rings. The van der Waals surface area contributed by atoms with Gasteiger partial charge in [0.15, 0.2) is 0 Å². The molecule has 29 heavy (non-hydrogen) atoms. The van der Waals surface area contributed by atoms with E-state index in [0.29, 0.717) is 16.3 Å². The molecule has 2 amide bonds. The van der Waals surface area contributed by atoms with E-state index in [2.05, 4.69) is 26.2 Å². The van der Waals surface area contributed by atoms with Crippen LogP contribution in [-0.4, -0.2) is 49.1 Å². The second-order valence-electron chi connectivity index (χ2n) is 5.92. The highest BCUT2D eigenvalue weighted by Gasteiger charge is 2.25. The van der Waals surface area contributed by atoms with Crippen molar-refractivity contribution in [1.82, 2.24) is 25.5 Å². The summed E-state index contributed by atoms with van der Waals surface area (Å²) in [6.45, 7) is 0. The molecule has 3 rings (SSSR count). The monoisotopic (exact) mass is 414 g/mol. The lowest BCUT2D eigenvalue weighted by Crippen LogP contribution is -2.46. The van der Waals surface area contributed by atoms with Crippen molar-refractivity contribution in [2.45, 2.75) is 12.5 Å². The zero-order valence-electron chi connectivity index (χ0n) is 14.8. The van der Waals surface area contributed by atoms with Gasteiger partial charge in [0.25, 0.3) is 0 Å². The molecule has 0 bridgehead atoms. The SMILES string of the molecule is O=C(Nc1cc(Cl)ccc1-n1cnnn1)C(=O)NC(Cc1ccccc1)C(=O)O. The van der Waals surface area contributed by atoms with Gasteiger partial charge in [0.05, 0.1) is 11.4 Å². The minimum atomic E-state index is -1.27. The van der Waals surface area contributed by atoms with Crippen LogP contribution in [0.2, 0.25) is 5.02 Å². The van der Waals surface area contributed by atoms with Crippen molar-refractivity contribution in [1.29, 1.82) is 0 Å². The van der Waals surface area contributed by atoms with E-state index in [1.807, 2.05) is 0 Å². The zero-order valence-corrected chi connectivity index (χ0v) is 15.6. The number of hydrogen-bond donors (Lipinski definition) is 3. The summed E-state index contributed by atoms with van der Waals surface area (Å²) < 4.78 is 1.28. The van der Waals surface area contributed by atoms with Crippen LogP contribution in [0, 0.1) is 0 Å². The number of nitrogens with one attached hydrogen (secondary N) is 2. The van der Waals surface area contributed by atoms with Gasteiger partial charge in [-0.25, -0.2) is 4.79 Å². The van der Waals surface area contributed by atoms with Crippen LogP contribution >= 0.6 is 11.6 Å². The highest BCUT2D eigenvalue weighted by atomic mass is 35.5. The van der Waals surface area contributed by atoms with Gasteiger partial charge in [-0.05, 0) is 34.2 Å². The summed E-state index contributed by atoms with van der Waals surface area (Å²) in [4.78, 5) is 36.1. The minimum absolute atomic E-state index is 0.0300. The molecular weight excluding hydrogens is 400 g/mol. The Balaban J connectivity index is 1.73. The summed E-state index contributed by atoms with van der Waals surface area (Å²) in [5.41, 5.74) is 1.26. The molecule has 0 saturated heterocycles. The first-order valence-electron chi connectivity index (χ1n) is 8.35. The number of tetrazole rings is 1. The predicted molar refractivity (Wildman–Crippen MR) is 103 cm³/mol. The van der Waals surface area contributed by atoms with Gasteiger partial charge >= 0.3 is 17.8 Å². The molecule has 0 radical (unpaired) electrons. The number of aromatic nitrogens is 4. The van der Waals surface area contributed by atoms with Gasteiger partial charge in [-0.1, -0.05) is 41.9 Å². The first-order chi connectivity index (χ1) is 13.9. The number of carbonyl (C=O) groups excluding carboxylic acids is 2. The quantitative estimate of drug-likeness (QED) is 0.512. The molecule has 0 saturated carbocycles. The molecule has 0 spiro atoms. The summed E-state index contributed by atoms with van der Waals surface area (Å²) in [7, 11) is 0. The van der Waals surface area contributed by atoms with Gasteiger partial charge in [-0.3, -0.25) is 9.59 Å². The van der Waals surface area contributed by atoms with Crippen molar-refractivity contribution in [2.24, 2.45) is 0 Å². The van der Waals surface area contributed by atoms with E-state index in [0.717, 1.165) is 0 Å². The maximum atomic E-state index is 12.3. The van der Waals surface area contributed by atoms with Gasteiger partial charge in [-0.2, -0.15) is 4.68 Å². The maximum absolute atomic E-state index is 12.3. The van der Waals surface area contributed by atoms with Gasteiger partial charge in [0.1, 0.15) is 12.4 Å². The van der Waals surface area contributed by atoms with E-state index in [-0.39, 0.29) is 12.1 Å². The highest BCUT2D eigenvalue weighted by Crippen LogP contribution is 2.23. The largest absolute Gasteiger partial charge is 0.480 e. The summed E-state index contributed by atoms with van der Waals surface area (Å²) in [6.07, 6.45) is 1.33. The van der Waals surface area contributed by atoms with Crippen LogP contribution in [0.1, 0.15) is 5.56 Å². The molecule has 1 unspecified atom stereocenters. The van der Waals surface area contributed by atoms with Crippen molar-refractivity contribution in [3.63, 3.8) is 0 Å². The van der Waals surface area contributed by atoms with E-state index in [1.165, 1.54) is 17.1 Å². The van der Waals surface area contributed by atoms with Crippen LogP contribution in [0.5, 0.6) is 0 Å². The van der Waals surface area contributed by atoms with Crippen LogP contribution in [-0.2, 0) is 20.8 Å². The molecular formula is C18H15ClN6O4. The number of rotatable bonds is 6. The number of carboxylic acid groups (broad SMARTS) is 1. The van der Waals surface area contributed by atoms with E-state index < -0.39 is 23.8 Å². The van der Waals surface area contributed by atoms with Gasteiger partial charge in [0.2, 0.25) is 0 Å². The van der Waals surface area contributed by atoms with Crippen molar-refractivity contribution in [2.75, 3.05) is 5.32 Å². The average molecular weight is 415 g/mol. The lowest BCUT2D eigenvalue weighted by molar-refractivity contribution is -0.143. The molecule has 148 valence electrons. The first kappa shape index (κ1) is 20.0. The van der Waals surface area contributed by atoms with Gasteiger partial charge in [-0.15, -0.1) is 5.10 Å². The van der Waals surface area contributed by atoms with Crippen molar-refractivity contribution >= 4 is 35.1 Å². The molecule has 11 heteroatoms. The Morgan fingerprint density at radius 2 is 1.86 bits per heavy atom. The Kier molecular flexibility index (Phi) is 6.15. The normalized spacial score (nSPS) is 11.5. The number of amides is 2. The molecule has 3 aromatic rings. The molecule has 1 atom stereocenters. The summed E-state index contributed by atoms with van der Waals surface area (Å²) in [5.74, 6) is -3.41. The Hall–Kier alpha value is -3.79. The number of anilines is 1. The second kappa shape index (κ2) is 8.93. The van der Waals surface area contributed by atoms with E-state index in [9.17, 15) is 19.5 Å². The van der Waals surface area contributed by atoms with Crippen LogP contribution in [0.15, 0.2) is 54.9 Å². The Morgan fingerprint density at radius 3 is 2.52 bits per heavy atom. The first-order valence-corrected chi connectivity index (χ1v) is 8.73. The molecule has 0 aliphatic carbocycles. The number of benzene rings is 2. The Morgan fingerprint density at radius 1 is 1.10 bits per heavy atom. The Labute approximate surface area is 169 Å². The predicted octanol–water partition coefficient (Wildman–Crippen LogP) is 1.07. The number of nitrogens with zero attached hydrogens (tertiary/aromatic N) is 4. The third-order valence-electron chi connectivity index (χ3n) is 3.89. The third-order valence-corrected chi connectivity index (χ3v) is 4.13. The fourth-order valence-electron chi connectivity index (χ4n) is 2.53. The second-order valence-corrected chi connectivity index (χ2v) is 6.36. The van der Waals surface area contributed by atoms with Gasteiger partial charge < -0.3 is 15.7 Å². The lowest BCUT2D eigenvalue weighted by Gasteiger charge is -2.15. The van der Waals surface area contributed by atoms with Crippen molar-refractivity contribution in [3.8, 4) is 5.69 Å². The molecule has 0 aliphatic heterocycles. The fraction of sp³-hybridized carbons (Fsp3) is 0.111. The lowest BCUT2D eigenvalue weighted by atomic mass is 10.1. The number of halogens is 1. The number of hydrogen-bond acceptors (Lipinski definition) is 6. The van der Waals surface area contributed by atoms with Crippen LogP contribution in [0.4, 0.5) is 5.69 Å². The fourth-order valence-corrected chi connectivity index (χ4v) is 2.70. The van der Waals surface area contributed by atoms with Gasteiger partial charge in [0, 0.05) is 11.4 Å². The van der Waals surface area contributed by atoms with E-state index >= 15 is 0 Å². The number of carboxylic acids is 1. The number of aliphatic carboxylic acids is 1. The highest BCUT2D eigenvalue weighted by molar-refractivity contribution is 6.40. The smallest absolute Gasteiger partial charge is 0.326 e. The molecule has 3 N–H and O–H groups in total.